The van der Waals surface area contributed by atoms with Crippen LogP contribution in [0.5, 0.6) is 0 Å². The minimum absolute atomic E-state index is 0.0368. The van der Waals surface area contributed by atoms with Gasteiger partial charge in [-0.3, -0.25) is 9.69 Å². The Labute approximate surface area is 126 Å². The average Bonchev–Trinajstić information content (AvgIpc) is 2.48. The van der Waals surface area contributed by atoms with Gasteiger partial charge in [-0.2, -0.15) is 0 Å². The lowest BCUT2D eigenvalue weighted by Gasteiger charge is -2.29. The molecule has 1 aliphatic heterocycles. The third-order valence-electron chi connectivity index (χ3n) is 3.51. The highest BCUT2D eigenvalue weighted by atomic mass is 16.3. The van der Waals surface area contributed by atoms with Gasteiger partial charge in [0.25, 0.3) is 5.91 Å². The first-order valence-corrected chi connectivity index (χ1v) is 7.27. The monoisotopic (exact) mass is 286 g/mol. The molecule has 1 heterocycles. The minimum Gasteiger partial charge on any atom is -0.393 e. The summed E-state index contributed by atoms with van der Waals surface area (Å²) in [6.45, 7) is 1.98. The van der Waals surface area contributed by atoms with E-state index in [1.807, 2.05) is 43.3 Å². The van der Waals surface area contributed by atoms with Gasteiger partial charge in [-0.15, -0.1) is 0 Å². The molecule has 0 spiro atoms. The number of carbonyl (C=O) groups excluding carboxylic acids is 1. The first kappa shape index (κ1) is 15.6. The number of hydrogen-bond donors (Lipinski definition) is 1. The van der Waals surface area contributed by atoms with Crippen LogP contribution >= 0.6 is 0 Å². The molecule has 1 aromatic rings. The number of amides is 1. The summed E-state index contributed by atoms with van der Waals surface area (Å²) < 4.78 is 0. The normalized spacial score (nSPS) is 15.7. The van der Waals surface area contributed by atoms with E-state index in [-0.39, 0.29) is 12.0 Å². The summed E-state index contributed by atoms with van der Waals surface area (Å²) in [6, 6.07) is 7.42. The predicted molar refractivity (Wildman–Crippen MR) is 83.0 cm³/mol. The maximum Gasteiger partial charge on any atom is 0.253 e. The first-order chi connectivity index (χ1) is 10.1. The van der Waals surface area contributed by atoms with Crippen molar-refractivity contribution < 1.29 is 9.90 Å². The predicted octanol–water partition coefficient (Wildman–Crippen LogP) is 1.20. The molecule has 0 saturated carbocycles. The lowest BCUT2D eigenvalue weighted by molar-refractivity contribution is 0.0546. The zero-order valence-corrected chi connectivity index (χ0v) is 12.7. The number of nitrogens with zero attached hydrogens (tertiary/aromatic N) is 2. The molecular formula is C17H22N2O2. The van der Waals surface area contributed by atoms with Crippen LogP contribution in [0.3, 0.4) is 0 Å². The molecule has 4 heteroatoms. The highest BCUT2D eigenvalue weighted by Crippen LogP contribution is 2.14. The van der Waals surface area contributed by atoms with E-state index in [1.165, 1.54) is 0 Å². The lowest BCUT2D eigenvalue weighted by Crippen LogP contribution is -2.40. The number of aliphatic hydroxyl groups excluding tert-OH is 1. The molecule has 1 saturated heterocycles. The van der Waals surface area contributed by atoms with Crippen LogP contribution in [0, 0.1) is 11.8 Å². The second-order valence-corrected chi connectivity index (χ2v) is 5.64. The summed E-state index contributed by atoms with van der Waals surface area (Å²) in [7, 11) is 3.96. The van der Waals surface area contributed by atoms with Gasteiger partial charge in [0.1, 0.15) is 0 Å². The Balaban J connectivity index is 1.98. The topological polar surface area (TPSA) is 43.8 Å². The largest absolute Gasteiger partial charge is 0.393 e. The van der Waals surface area contributed by atoms with Gasteiger partial charge in [-0.1, -0.05) is 11.8 Å². The van der Waals surface area contributed by atoms with Gasteiger partial charge in [0.05, 0.1) is 12.6 Å². The standard InChI is InChI=1S/C17H22N2O2/c1-18(2)11-3-4-14-5-7-15(8-6-14)17(21)19-12-9-16(20)10-13-19/h5-8,16,20H,9-13H2,1-2H3. The molecule has 0 unspecified atom stereocenters. The molecule has 1 aromatic carbocycles. The van der Waals surface area contributed by atoms with E-state index in [0.717, 1.165) is 12.1 Å². The number of carbonyl (C=O) groups is 1. The third kappa shape index (κ3) is 4.59. The summed E-state index contributed by atoms with van der Waals surface area (Å²) in [5, 5.41) is 9.48. The Morgan fingerprint density at radius 2 is 1.90 bits per heavy atom. The van der Waals surface area contributed by atoms with Crippen molar-refractivity contribution in [2.24, 2.45) is 0 Å². The van der Waals surface area contributed by atoms with E-state index in [2.05, 4.69) is 11.8 Å². The summed E-state index contributed by atoms with van der Waals surface area (Å²) in [4.78, 5) is 16.1. The molecule has 0 aliphatic carbocycles. The molecule has 2 rings (SSSR count). The maximum absolute atomic E-state index is 12.3. The Morgan fingerprint density at radius 1 is 1.29 bits per heavy atom. The van der Waals surface area contributed by atoms with Gasteiger partial charge in [0.2, 0.25) is 0 Å². The van der Waals surface area contributed by atoms with Crippen LogP contribution in [-0.4, -0.2) is 60.6 Å². The SMILES string of the molecule is CN(C)CC#Cc1ccc(C(=O)N2CCC(O)CC2)cc1. The lowest BCUT2D eigenvalue weighted by atomic mass is 10.1. The van der Waals surface area contributed by atoms with Crippen molar-refractivity contribution in [1.82, 2.24) is 9.80 Å². The molecule has 112 valence electrons. The highest BCUT2D eigenvalue weighted by Gasteiger charge is 2.21. The van der Waals surface area contributed by atoms with Crippen LogP contribution in [-0.2, 0) is 0 Å². The van der Waals surface area contributed by atoms with Crippen molar-refractivity contribution in [3.63, 3.8) is 0 Å². The summed E-state index contributed by atoms with van der Waals surface area (Å²) in [6.07, 6.45) is 1.07. The zero-order valence-electron chi connectivity index (χ0n) is 12.7. The molecule has 0 bridgehead atoms. The van der Waals surface area contributed by atoms with Crippen LogP contribution in [0.25, 0.3) is 0 Å². The van der Waals surface area contributed by atoms with Crippen molar-refractivity contribution in [2.75, 3.05) is 33.7 Å². The van der Waals surface area contributed by atoms with Crippen LogP contribution < -0.4 is 0 Å². The zero-order chi connectivity index (χ0) is 15.2. The molecule has 21 heavy (non-hydrogen) atoms. The van der Waals surface area contributed by atoms with E-state index in [4.69, 9.17) is 0 Å². The smallest absolute Gasteiger partial charge is 0.253 e. The first-order valence-electron chi connectivity index (χ1n) is 7.27. The fourth-order valence-electron chi connectivity index (χ4n) is 2.25. The molecular weight excluding hydrogens is 264 g/mol. The Morgan fingerprint density at radius 3 is 2.48 bits per heavy atom. The molecule has 0 atom stereocenters. The van der Waals surface area contributed by atoms with Crippen LogP contribution in [0.1, 0.15) is 28.8 Å². The number of rotatable bonds is 2. The van der Waals surface area contributed by atoms with E-state index in [9.17, 15) is 9.90 Å². The van der Waals surface area contributed by atoms with Gasteiger partial charge in [0, 0.05) is 24.2 Å². The molecule has 1 aliphatic rings. The van der Waals surface area contributed by atoms with E-state index >= 15 is 0 Å². The summed E-state index contributed by atoms with van der Waals surface area (Å²) in [5.41, 5.74) is 1.60. The van der Waals surface area contributed by atoms with Crippen LogP contribution in [0.2, 0.25) is 0 Å². The third-order valence-corrected chi connectivity index (χ3v) is 3.51. The van der Waals surface area contributed by atoms with E-state index in [1.54, 1.807) is 4.90 Å². The summed E-state index contributed by atoms with van der Waals surface area (Å²) >= 11 is 0. The Kier molecular flexibility index (Phi) is 5.38. The molecule has 1 amide bonds. The molecule has 0 aromatic heterocycles. The van der Waals surface area contributed by atoms with Gasteiger partial charge in [-0.05, 0) is 51.2 Å². The van der Waals surface area contributed by atoms with Crippen molar-refractivity contribution in [2.45, 2.75) is 18.9 Å². The van der Waals surface area contributed by atoms with Crippen molar-refractivity contribution in [3.8, 4) is 11.8 Å². The van der Waals surface area contributed by atoms with Crippen LogP contribution in [0.15, 0.2) is 24.3 Å². The fourth-order valence-corrected chi connectivity index (χ4v) is 2.25. The quantitative estimate of drug-likeness (QED) is 0.831. The van der Waals surface area contributed by atoms with E-state index in [0.29, 0.717) is 31.5 Å². The number of likely N-dealkylation sites (tertiary alicyclic amines) is 1. The number of aliphatic hydroxyl groups is 1. The fraction of sp³-hybridized carbons (Fsp3) is 0.471. The van der Waals surface area contributed by atoms with Gasteiger partial charge in [0.15, 0.2) is 0 Å². The summed E-state index contributed by atoms with van der Waals surface area (Å²) in [5.74, 6) is 6.19. The number of hydrogen-bond acceptors (Lipinski definition) is 3. The maximum atomic E-state index is 12.3. The van der Waals surface area contributed by atoms with Crippen LogP contribution in [0.4, 0.5) is 0 Å². The number of benzene rings is 1. The van der Waals surface area contributed by atoms with Gasteiger partial charge < -0.3 is 10.0 Å². The average molecular weight is 286 g/mol. The van der Waals surface area contributed by atoms with E-state index < -0.39 is 0 Å². The molecule has 1 fully saturated rings. The minimum atomic E-state index is -0.261. The Bertz CT molecular complexity index is 532. The molecule has 0 radical (unpaired) electrons. The van der Waals surface area contributed by atoms with Gasteiger partial charge in [-0.25, -0.2) is 0 Å². The van der Waals surface area contributed by atoms with Gasteiger partial charge >= 0.3 is 0 Å². The molecule has 1 N–H and O–H groups in total. The van der Waals surface area contributed by atoms with Crippen molar-refractivity contribution in [3.05, 3.63) is 35.4 Å². The van der Waals surface area contributed by atoms with Crippen molar-refractivity contribution in [1.29, 1.82) is 0 Å². The highest BCUT2D eigenvalue weighted by molar-refractivity contribution is 5.94. The number of piperidine rings is 1. The van der Waals surface area contributed by atoms with Crippen molar-refractivity contribution >= 4 is 5.91 Å². The molecule has 4 nitrogen and oxygen atoms in total. The second-order valence-electron chi connectivity index (χ2n) is 5.64. The second kappa shape index (κ2) is 7.26. The Hall–Kier alpha value is -1.83.